The third-order valence-corrected chi connectivity index (χ3v) is 6.16. The van der Waals surface area contributed by atoms with Gasteiger partial charge in [-0.05, 0) is 49.7 Å². The highest BCUT2D eigenvalue weighted by molar-refractivity contribution is 7.99. The van der Waals surface area contributed by atoms with Crippen LogP contribution in [0.5, 0.6) is 5.75 Å². The maximum atomic E-state index is 12.4. The number of ether oxygens (including phenoxy) is 2. The first-order valence-electron chi connectivity index (χ1n) is 9.91. The Morgan fingerprint density at radius 2 is 2.19 bits per heavy atom. The zero-order valence-electron chi connectivity index (χ0n) is 16.7. The van der Waals surface area contributed by atoms with E-state index >= 15 is 0 Å². The van der Waals surface area contributed by atoms with Gasteiger partial charge in [0.2, 0.25) is 0 Å². The summed E-state index contributed by atoms with van der Waals surface area (Å²) in [5, 5.41) is 0.730. The lowest BCUT2D eigenvalue weighted by Crippen LogP contribution is -2.36. The molecule has 3 atom stereocenters. The molecule has 1 fully saturated rings. The number of aromatic amines is 1. The number of fused-ring (bicyclic) bond motifs is 1. The van der Waals surface area contributed by atoms with Crippen molar-refractivity contribution in [3.8, 4) is 5.75 Å². The molecular weight excluding hydrogens is 360 g/mol. The van der Waals surface area contributed by atoms with E-state index in [-0.39, 0.29) is 17.8 Å². The lowest BCUT2D eigenvalue weighted by atomic mass is 9.75. The minimum Gasteiger partial charge on any atom is -0.494 e. The number of rotatable bonds is 7. The Hall–Kier alpha value is -1.69. The molecule has 0 saturated heterocycles. The summed E-state index contributed by atoms with van der Waals surface area (Å²) in [5.74, 6) is 2.57. The van der Waals surface area contributed by atoms with Gasteiger partial charge < -0.3 is 14.5 Å². The van der Waals surface area contributed by atoms with Crippen LogP contribution in [0.25, 0.3) is 11.0 Å². The average molecular weight is 391 g/mol. The van der Waals surface area contributed by atoms with E-state index in [2.05, 4.69) is 30.7 Å². The summed E-state index contributed by atoms with van der Waals surface area (Å²) in [6, 6.07) is 5.77. The number of carbonyl (C=O) groups excluding carboxylic acids is 1. The third-order valence-electron chi connectivity index (χ3n) is 5.31. The van der Waals surface area contributed by atoms with Gasteiger partial charge in [-0.1, -0.05) is 39.0 Å². The molecule has 0 spiro atoms. The first kappa shape index (κ1) is 20.1. The van der Waals surface area contributed by atoms with Gasteiger partial charge in [0.05, 0.1) is 23.4 Å². The van der Waals surface area contributed by atoms with E-state index in [1.807, 2.05) is 25.1 Å². The van der Waals surface area contributed by atoms with Crippen molar-refractivity contribution < 1.29 is 14.3 Å². The second-order valence-electron chi connectivity index (χ2n) is 7.80. The summed E-state index contributed by atoms with van der Waals surface area (Å²) in [6.07, 6.45) is 3.40. The normalized spacial score (nSPS) is 22.9. The molecule has 27 heavy (non-hydrogen) atoms. The largest absolute Gasteiger partial charge is 0.494 e. The van der Waals surface area contributed by atoms with Crippen molar-refractivity contribution in [1.29, 1.82) is 0 Å². The zero-order valence-corrected chi connectivity index (χ0v) is 17.5. The number of nitrogens with one attached hydrogen (secondary N) is 1. The highest BCUT2D eigenvalue weighted by Crippen LogP contribution is 2.35. The molecule has 5 nitrogen and oxygen atoms in total. The highest BCUT2D eigenvalue weighted by Gasteiger charge is 2.33. The van der Waals surface area contributed by atoms with Gasteiger partial charge in [-0.25, -0.2) is 4.98 Å². The van der Waals surface area contributed by atoms with Gasteiger partial charge in [-0.15, -0.1) is 0 Å². The van der Waals surface area contributed by atoms with Gasteiger partial charge in [0, 0.05) is 6.07 Å². The zero-order chi connectivity index (χ0) is 19.4. The fraction of sp³-hybridized carbons (Fsp3) is 0.619. The molecule has 2 aromatic rings. The lowest BCUT2D eigenvalue weighted by Gasteiger charge is -2.36. The fourth-order valence-corrected chi connectivity index (χ4v) is 4.54. The quantitative estimate of drug-likeness (QED) is 0.529. The molecule has 1 heterocycles. The molecule has 1 N–H and O–H groups in total. The van der Waals surface area contributed by atoms with Crippen LogP contribution in [0.4, 0.5) is 0 Å². The van der Waals surface area contributed by atoms with Crippen molar-refractivity contribution in [2.45, 2.75) is 58.2 Å². The number of hydrogen-bond donors (Lipinski definition) is 1. The van der Waals surface area contributed by atoms with Crippen molar-refractivity contribution in [2.24, 2.45) is 17.8 Å². The van der Waals surface area contributed by atoms with Gasteiger partial charge in [0.25, 0.3) is 0 Å². The maximum absolute atomic E-state index is 12.4. The topological polar surface area (TPSA) is 64.2 Å². The summed E-state index contributed by atoms with van der Waals surface area (Å²) in [6.45, 7) is 9.28. The molecule has 0 unspecified atom stereocenters. The molecule has 0 aliphatic heterocycles. The van der Waals surface area contributed by atoms with Crippen LogP contribution < -0.4 is 4.74 Å². The van der Waals surface area contributed by atoms with E-state index in [4.69, 9.17) is 9.47 Å². The first-order valence-corrected chi connectivity index (χ1v) is 10.9. The number of imidazole rings is 1. The van der Waals surface area contributed by atoms with Crippen LogP contribution in [0.2, 0.25) is 0 Å². The summed E-state index contributed by atoms with van der Waals surface area (Å²) in [5.41, 5.74) is 1.79. The molecule has 0 amide bonds. The van der Waals surface area contributed by atoms with E-state index in [9.17, 15) is 4.79 Å². The molecule has 1 aliphatic carbocycles. The number of esters is 1. The van der Waals surface area contributed by atoms with Crippen molar-refractivity contribution in [3.63, 3.8) is 0 Å². The highest BCUT2D eigenvalue weighted by atomic mass is 32.2. The van der Waals surface area contributed by atoms with E-state index < -0.39 is 0 Å². The number of carbonyl (C=O) groups is 1. The first-order chi connectivity index (χ1) is 13.0. The van der Waals surface area contributed by atoms with Crippen LogP contribution in [0.15, 0.2) is 23.4 Å². The average Bonchev–Trinajstić information content (AvgIpc) is 3.02. The summed E-state index contributed by atoms with van der Waals surface area (Å²) < 4.78 is 11.4. The Kier molecular flexibility index (Phi) is 6.68. The molecule has 1 aliphatic rings. The standard InChI is InChI=1S/C21H30N2O3S/c1-5-25-15-7-9-17-18(11-15)23-21(22-17)27-12-20(24)26-19-10-14(4)6-8-16(19)13(2)3/h7,9,11,13-14,16,19H,5-6,8,10,12H2,1-4H3,(H,22,23)/t14-,16+,19-/m0/s1. The number of benzene rings is 1. The van der Waals surface area contributed by atoms with E-state index in [1.54, 1.807) is 0 Å². The molecule has 0 radical (unpaired) electrons. The van der Waals surface area contributed by atoms with Crippen LogP contribution >= 0.6 is 11.8 Å². The molecule has 0 bridgehead atoms. The smallest absolute Gasteiger partial charge is 0.316 e. The Balaban J connectivity index is 1.57. The summed E-state index contributed by atoms with van der Waals surface area (Å²) >= 11 is 1.39. The van der Waals surface area contributed by atoms with Gasteiger partial charge >= 0.3 is 5.97 Å². The number of thioether (sulfide) groups is 1. The maximum Gasteiger partial charge on any atom is 0.316 e. The Labute approximate surface area is 165 Å². The van der Waals surface area contributed by atoms with Gasteiger partial charge in [0.1, 0.15) is 11.9 Å². The number of hydrogen-bond acceptors (Lipinski definition) is 5. The Bertz CT molecular complexity index is 774. The second-order valence-corrected chi connectivity index (χ2v) is 8.76. The predicted octanol–water partition coefficient (Wildman–Crippen LogP) is 5.06. The van der Waals surface area contributed by atoms with Gasteiger partial charge in [0.15, 0.2) is 5.16 Å². The van der Waals surface area contributed by atoms with Crippen molar-refractivity contribution in [1.82, 2.24) is 9.97 Å². The summed E-state index contributed by atoms with van der Waals surface area (Å²) in [7, 11) is 0. The SMILES string of the molecule is CCOc1ccc2nc(SCC(=O)O[C@H]3C[C@@H](C)CC[C@@H]3C(C)C)[nH]c2c1. The van der Waals surface area contributed by atoms with Crippen molar-refractivity contribution in [3.05, 3.63) is 18.2 Å². The van der Waals surface area contributed by atoms with Gasteiger partial charge in [-0.3, -0.25) is 4.79 Å². The molecule has 1 aromatic heterocycles. The van der Waals surface area contributed by atoms with Gasteiger partial charge in [-0.2, -0.15) is 0 Å². The van der Waals surface area contributed by atoms with Crippen molar-refractivity contribution in [2.75, 3.05) is 12.4 Å². The van der Waals surface area contributed by atoms with Crippen LogP contribution in [0, 0.1) is 17.8 Å². The third kappa shape index (κ3) is 5.18. The molecule has 6 heteroatoms. The van der Waals surface area contributed by atoms with E-state index in [0.29, 0.717) is 24.4 Å². The monoisotopic (exact) mass is 390 g/mol. The Morgan fingerprint density at radius 1 is 1.37 bits per heavy atom. The molecular formula is C21H30N2O3S. The molecule has 3 rings (SSSR count). The van der Waals surface area contributed by atoms with Crippen LogP contribution in [-0.2, 0) is 9.53 Å². The number of nitrogens with zero attached hydrogens (tertiary/aromatic N) is 1. The molecule has 1 saturated carbocycles. The number of H-pyrrole nitrogens is 1. The molecule has 1 aromatic carbocycles. The molecule has 148 valence electrons. The summed E-state index contributed by atoms with van der Waals surface area (Å²) in [4.78, 5) is 20.2. The predicted molar refractivity (Wildman–Crippen MR) is 109 cm³/mol. The van der Waals surface area contributed by atoms with E-state index in [0.717, 1.165) is 34.8 Å². The van der Waals surface area contributed by atoms with Crippen LogP contribution in [0.3, 0.4) is 0 Å². The lowest BCUT2D eigenvalue weighted by molar-refractivity contribution is -0.152. The van der Waals surface area contributed by atoms with Crippen molar-refractivity contribution >= 4 is 28.8 Å². The Morgan fingerprint density at radius 3 is 2.93 bits per heavy atom. The van der Waals surface area contributed by atoms with E-state index in [1.165, 1.54) is 18.2 Å². The van der Waals surface area contributed by atoms with Crippen LogP contribution in [0.1, 0.15) is 47.0 Å². The minimum absolute atomic E-state index is 0.0475. The fourth-order valence-electron chi connectivity index (χ4n) is 3.87. The van der Waals surface area contributed by atoms with Crippen LogP contribution in [-0.4, -0.2) is 34.4 Å². The second kappa shape index (κ2) is 9.00. The minimum atomic E-state index is -0.153. The number of aromatic nitrogens is 2.